The summed E-state index contributed by atoms with van der Waals surface area (Å²) in [7, 11) is 0. The molecule has 0 fully saturated rings. The van der Waals surface area contributed by atoms with Crippen molar-refractivity contribution in [3.8, 4) is 0 Å². The van der Waals surface area contributed by atoms with Gasteiger partial charge in [-0.1, -0.05) is 43.2 Å². The van der Waals surface area contributed by atoms with Gasteiger partial charge in [-0.25, -0.2) is 4.98 Å². The highest BCUT2D eigenvalue weighted by Gasteiger charge is 2.17. The van der Waals surface area contributed by atoms with E-state index in [1.807, 2.05) is 30.3 Å². The fourth-order valence-electron chi connectivity index (χ4n) is 3.54. The predicted molar refractivity (Wildman–Crippen MR) is 112 cm³/mol. The van der Waals surface area contributed by atoms with Gasteiger partial charge in [0.25, 0.3) is 11.5 Å². The number of anilines is 1. The molecule has 0 saturated heterocycles. The molecule has 2 heterocycles. The second-order valence-corrected chi connectivity index (χ2v) is 8.18. The maximum atomic E-state index is 12.8. The van der Waals surface area contributed by atoms with Gasteiger partial charge in [-0.05, 0) is 43.4 Å². The van der Waals surface area contributed by atoms with Crippen LogP contribution in [0.15, 0.2) is 53.5 Å². The van der Waals surface area contributed by atoms with Crippen molar-refractivity contribution in [2.24, 2.45) is 0 Å². The van der Waals surface area contributed by atoms with Crippen LogP contribution in [0.5, 0.6) is 0 Å². The summed E-state index contributed by atoms with van der Waals surface area (Å²) in [5.41, 5.74) is 1.97. The van der Waals surface area contributed by atoms with E-state index in [2.05, 4.69) is 10.3 Å². The number of pyridine rings is 1. The van der Waals surface area contributed by atoms with Gasteiger partial charge >= 0.3 is 0 Å². The molecule has 2 aromatic heterocycles. The number of nitrogens with zero attached hydrogens (tertiary/aromatic N) is 2. The first-order chi connectivity index (χ1) is 13.7. The van der Waals surface area contributed by atoms with Crippen LogP contribution in [0.3, 0.4) is 0 Å². The van der Waals surface area contributed by atoms with Gasteiger partial charge in [0.2, 0.25) is 0 Å². The van der Waals surface area contributed by atoms with E-state index >= 15 is 0 Å². The highest BCUT2D eigenvalue weighted by molar-refractivity contribution is 7.15. The van der Waals surface area contributed by atoms with Crippen LogP contribution in [0.1, 0.15) is 52.2 Å². The molecule has 5 nitrogen and oxygen atoms in total. The topological polar surface area (TPSA) is 64.0 Å². The summed E-state index contributed by atoms with van der Waals surface area (Å²) in [6, 6.07) is 13.0. The van der Waals surface area contributed by atoms with Crippen LogP contribution in [-0.4, -0.2) is 15.5 Å². The Bertz CT molecular complexity index is 998. The number of thiazole rings is 1. The molecular formula is C22H23N3O2S. The molecule has 3 aromatic rings. The lowest BCUT2D eigenvalue weighted by atomic mass is 10.0. The SMILES string of the molecule is O=C(Nc1nc2c(s1)CCCCCC2)c1cccn(Cc2ccccc2)c1=O. The molecule has 1 aromatic carbocycles. The molecule has 1 aliphatic rings. The minimum Gasteiger partial charge on any atom is -0.310 e. The molecule has 0 radical (unpaired) electrons. The van der Waals surface area contributed by atoms with E-state index in [4.69, 9.17) is 0 Å². The molecule has 1 N–H and O–H groups in total. The zero-order valence-corrected chi connectivity index (χ0v) is 16.5. The number of nitrogens with one attached hydrogen (secondary N) is 1. The first kappa shape index (κ1) is 18.6. The molecule has 6 heteroatoms. The monoisotopic (exact) mass is 393 g/mol. The lowest BCUT2D eigenvalue weighted by Crippen LogP contribution is -2.29. The van der Waals surface area contributed by atoms with Gasteiger partial charge in [0, 0.05) is 11.1 Å². The van der Waals surface area contributed by atoms with Gasteiger partial charge in [0.15, 0.2) is 5.13 Å². The summed E-state index contributed by atoms with van der Waals surface area (Å²) in [5, 5.41) is 3.44. The van der Waals surface area contributed by atoms with Crippen LogP contribution in [0.4, 0.5) is 5.13 Å². The Morgan fingerprint density at radius 2 is 1.82 bits per heavy atom. The molecule has 1 amide bonds. The van der Waals surface area contributed by atoms with Crippen molar-refractivity contribution >= 4 is 22.4 Å². The third-order valence-electron chi connectivity index (χ3n) is 5.03. The van der Waals surface area contributed by atoms with Crippen LogP contribution in [-0.2, 0) is 19.4 Å². The average Bonchev–Trinajstić information content (AvgIpc) is 3.04. The van der Waals surface area contributed by atoms with Crippen molar-refractivity contribution in [3.05, 3.63) is 80.7 Å². The van der Waals surface area contributed by atoms with E-state index < -0.39 is 5.91 Å². The quantitative estimate of drug-likeness (QED) is 0.720. The largest absolute Gasteiger partial charge is 0.310 e. The minimum absolute atomic E-state index is 0.140. The number of carbonyl (C=O) groups excluding carboxylic acids is 1. The molecular weight excluding hydrogens is 370 g/mol. The van der Waals surface area contributed by atoms with Gasteiger partial charge in [0.1, 0.15) is 5.56 Å². The van der Waals surface area contributed by atoms with E-state index in [1.54, 1.807) is 34.2 Å². The van der Waals surface area contributed by atoms with E-state index in [0.717, 1.165) is 30.5 Å². The lowest BCUT2D eigenvalue weighted by molar-refractivity contribution is 0.102. The van der Waals surface area contributed by atoms with Crippen LogP contribution in [0.2, 0.25) is 0 Å². The second-order valence-electron chi connectivity index (χ2n) is 7.10. The molecule has 0 aliphatic heterocycles. The van der Waals surface area contributed by atoms with E-state index in [9.17, 15) is 9.59 Å². The Morgan fingerprint density at radius 1 is 1.04 bits per heavy atom. The number of amides is 1. The number of fused-ring (bicyclic) bond motifs is 1. The first-order valence-electron chi connectivity index (χ1n) is 9.74. The van der Waals surface area contributed by atoms with E-state index in [0.29, 0.717) is 11.7 Å². The number of carbonyl (C=O) groups is 1. The summed E-state index contributed by atoms with van der Waals surface area (Å²) >= 11 is 1.54. The summed E-state index contributed by atoms with van der Waals surface area (Å²) in [4.78, 5) is 31.4. The predicted octanol–water partition coefficient (Wildman–Crippen LogP) is 4.26. The van der Waals surface area contributed by atoms with Crippen molar-refractivity contribution in [2.45, 2.75) is 45.1 Å². The smallest absolute Gasteiger partial charge is 0.263 e. The first-order valence-corrected chi connectivity index (χ1v) is 10.6. The number of rotatable bonds is 4. The van der Waals surface area contributed by atoms with Gasteiger partial charge in [-0.15, -0.1) is 11.3 Å². The van der Waals surface area contributed by atoms with Gasteiger partial charge in [-0.2, -0.15) is 0 Å². The fraction of sp³-hybridized carbons (Fsp3) is 0.318. The van der Waals surface area contributed by atoms with Gasteiger partial charge in [0.05, 0.1) is 12.2 Å². The van der Waals surface area contributed by atoms with Crippen molar-refractivity contribution < 1.29 is 4.79 Å². The Morgan fingerprint density at radius 3 is 2.64 bits per heavy atom. The fourth-order valence-corrected chi connectivity index (χ4v) is 4.58. The maximum absolute atomic E-state index is 12.8. The molecule has 0 unspecified atom stereocenters. The Labute approximate surface area is 168 Å². The Hall–Kier alpha value is -2.73. The summed E-state index contributed by atoms with van der Waals surface area (Å²) < 4.78 is 1.56. The molecule has 4 rings (SSSR count). The molecule has 144 valence electrons. The summed E-state index contributed by atoms with van der Waals surface area (Å²) in [5.74, 6) is -0.394. The molecule has 0 spiro atoms. The van der Waals surface area contributed by atoms with E-state index in [1.165, 1.54) is 24.1 Å². The summed E-state index contributed by atoms with van der Waals surface area (Å²) in [6.45, 7) is 0.437. The van der Waals surface area contributed by atoms with Crippen LogP contribution in [0.25, 0.3) is 0 Å². The van der Waals surface area contributed by atoms with E-state index in [-0.39, 0.29) is 11.1 Å². The molecule has 1 aliphatic carbocycles. The normalized spacial score (nSPS) is 14.0. The van der Waals surface area contributed by atoms with Crippen molar-refractivity contribution in [1.82, 2.24) is 9.55 Å². The zero-order valence-electron chi connectivity index (χ0n) is 15.7. The number of aromatic nitrogens is 2. The lowest BCUT2D eigenvalue weighted by Gasteiger charge is -2.08. The molecule has 28 heavy (non-hydrogen) atoms. The highest BCUT2D eigenvalue weighted by atomic mass is 32.1. The molecule has 0 bridgehead atoms. The number of benzene rings is 1. The Kier molecular flexibility index (Phi) is 5.67. The standard InChI is InChI=1S/C22H23N3O2S/c26-20(24-22-23-18-12-6-1-2-7-13-19(18)28-22)17-11-8-14-25(21(17)27)15-16-9-4-3-5-10-16/h3-5,8-11,14H,1-2,6-7,12-13,15H2,(H,23,24,26). The number of hydrogen-bond donors (Lipinski definition) is 1. The summed E-state index contributed by atoms with van der Waals surface area (Å²) in [6.07, 6.45) is 8.52. The number of aryl methyl sites for hydroxylation is 2. The van der Waals surface area contributed by atoms with Crippen LogP contribution >= 0.6 is 11.3 Å². The zero-order chi connectivity index (χ0) is 19.3. The second kappa shape index (κ2) is 8.52. The number of hydrogen-bond acceptors (Lipinski definition) is 4. The van der Waals surface area contributed by atoms with Crippen molar-refractivity contribution in [3.63, 3.8) is 0 Å². The van der Waals surface area contributed by atoms with Crippen LogP contribution in [0, 0.1) is 0 Å². The third-order valence-corrected chi connectivity index (χ3v) is 6.10. The van der Waals surface area contributed by atoms with Gasteiger partial charge in [-0.3, -0.25) is 14.9 Å². The Balaban J connectivity index is 1.53. The molecule has 0 saturated carbocycles. The maximum Gasteiger partial charge on any atom is 0.263 e. The van der Waals surface area contributed by atoms with Gasteiger partial charge < -0.3 is 4.57 Å². The minimum atomic E-state index is -0.394. The molecule has 0 atom stereocenters. The van der Waals surface area contributed by atoms with Crippen molar-refractivity contribution in [2.75, 3.05) is 5.32 Å². The highest BCUT2D eigenvalue weighted by Crippen LogP contribution is 2.28. The average molecular weight is 394 g/mol. The van der Waals surface area contributed by atoms with Crippen molar-refractivity contribution in [1.29, 1.82) is 0 Å². The third kappa shape index (κ3) is 4.22. The van der Waals surface area contributed by atoms with Crippen LogP contribution < -0.4 is 10.9 Å².